The van der Waals surface area contributed by atoms with Crippen LogP contribution < -0.4 is 0 Å². The summed E-state index contributed by atoms with van der Waals surface area (Å²) in [5.74, 6) is 0. The van der Waals surface area contributed by atoms with Crippen molar-refractivity contribution >= 4 is 0 Å². The first kappa shape index (κ1) is 149. The van der Waals surface area contributed by atoms with Gasteiger partial charge in [-0.05, 0) is 0 Å². The Morgan fingerprint density at radius 2 is 0.571 bits per heavy atom. The molecule has 1 radical (unpaired) electrons. The summed E-state index contributed by atoms with van der Waals surface area (Å²) < 4.78 is 0. The Bertz CT molecular complexity index is 11.7. The van der Waals surface area contributed by atoms with Gasteiger partial charge in [0.15, 0.2) is 0 Å². The fourth-order valence-corrected chi connectivity index (χ4v) is 0. The van der Waals surface area contributed by atoms with Gasteiger partial charge in [0.2, 0.25) is 0 Å². The fraction of sp³-hybridized carbons (Fsp3) is 0. The predicted octanol–water partition coefficient (Wildman–Crippen LogP) is -0.715. The molecule has 0 unspecified atom stereocenters. The van der Waals surface area contributed by atoms with E-state index in [0.29, 0.717) is 0 Å². The van der Waals surface area contributed by atoms with Crippen molar-refractivity contribution in [1.29, 1.82) is 0 Å². The van der Waals surface area contributed by atoms with Crippen LogP contribution in [0, 0.1) is 0 Å². The van der Waals surface area contributed by atoms with Gasteiger partial charge >= 0.3 is 43.0 Å². The average Bonchev–Trinajstić information content (AvgIpc) is 0. The van der Waals surface area contributed by atoms with Crippen LogP contribution in [0.1, 0.15) is 0 Å². The van der Waals surface area contributed by atoms with E-state index in [2.05, 4.69) is 0 Å². The smallest absolute Gasteiger partial charge is 0.870 e. The summed E-state index contributed by atoms with van der Waals surface area (Å²) >= 11 is 0. The molecule has 0 spiro atoms. The van der Waals surface area contributed by atoms with E-state index in [1.165, 1.54) is 0 Å². The van der Waals surface area contributed by atoms with E-state index >= 15 is 0 Å². The van der Waals surface area contributed by atoms with Crippen LogP contribution in [-0.2, 0) is 64.7 Å². The molecule has 0 atom stereocenters. The van der Waals surface area contributed by atoms with Gasteiger partial charge in [-0.3, -0.25) is 0 Å². The summed E-state index contributed by atoms with van der Waals surface area (Å²) in [7, 11) is 0. The minimum absolute atomic E-state index is 0. The van der Waals surface area contributed by atoms with Gasteiger partial charge in [-0.1, -0.05) is 0 Å². The Balaban J connectivity index is 0. The van der Waals surface area contributed by atoms with E-state index in [-0.39, 0.29) is 86.6 Å². The summed E-state index contributed by atoms with van der Waals surface area (Å²) in [6, 6.07) is 0. The molecule has 0 aliphatic rings. The minimum atomic E-state index is 0. The third-order valence-electron chi connectivity index (χ3n) is 0. The molecule has 0 fully saturated rings. The normalized spacial score (nSPS) is 0. The van der Waals surface area contributed by atoms with Gasteiger partial charge in [-0.15, -0.1) is 0 Å². The van der Waals surface area contributed by atoms with Crippen molar-refractivity contribution in [3.05, 3.63) is 0 Å². The summed E-state index contributed by atoms with van der Waals surface area (Å²) in [4.78, 5) is 0. The molecule has 4 N–H and O–H groups in total. The quantitative estimate of drug-likeness (QED) is 0.537. The van der Waals surface area contributed by atoms with E-state index in [4.69, 9.17) is 0 Å². The van der Waals surface area contributed by atoms with Crippen molar-refractivity contribution in [2.45, 2.75) is 0 Å². The van der Waals surface area contributed by atoms with Crippen LogP contribution in [0.2, 0.25) is 0 Å². The Labute approximate surface area is 85.9 Å². The molecule has 0 saturated carbocycles. The summed E-state index contributed by atoms with van der Waals surface area (Å²) in [5.41, 5.74) is 0. The topological polar surface area (TPSA) is 120 Å². The molecular weight excluding hydrogens is 262 g/mol. The Morgan fingerprint density at radius 1 is 0.571 bits per heavy atom. The maximum Gasteiger partial charge on any atom is 2.00 e. The van der Waals surface area contributed by atoms with Crippen molar-refractivity contribution in [3.63, 3.8) is 0 Å². The largest absolute Gasteiger partial charge is 2.00 e. The zero-order valence-electron chi connectivity index (χ0n) is 3.12. The van der Waals surface area contributed by atoms with Gasteiger partial charge in [-0.2, -0.15) is 0 Å². The predicted molar refractivity (Wildman–Crippen MR) is 7.74 cm³/mol. The molecule has 0 aliphatic carbocycles. The van der Waals surface area contributed by atoms with Crippen LogP contribution in [-0.4, -0.2) is 21.9 Å². The van der Waals surface area contributed by atoms with Crippen molar-refractivity contribution in [1.82, 2.24) is 0 Å². The Morgan fingerprint density at radius 3 is 0.571 bits per heavy atom. The first-order chi connectivity index (χ1) is 0. The molecule has 0 aromatic carbocycles. The molecule has 0 aromatic rings. The van der Waals surface area contributed by atoms with Gasteiger partial charge in [0.1, 0.15) is 0 Å². The second-order valence-electron chi connectivity index (χ2n) is 0. The van der Waals surface area contributed by atoms with E-state index in [9.17, 15) is 0 Å². The third-order valence-corrected chi connectivity index (χ3v) is 0. The summed E-state index contributed by atoms with van der Waals surface area (Å²) in [6.45, 7) is 0. The summed E-state index contributed by atoms with van der Waals surface area (Å²) in [6.07, 6.45) is 0. The molecule has 45 valence electrons. The van der Waals surface area contributed by atoms with E-state index in [1.54, 1.807) is 0 Å². The fourth-order valence-electron chi connectivity index (χ4n) is 0. The van der Waals surface area contributed by atoms with Crippen molar-refractivity contribution in [2.75, 3.05) is 0 Å². The van der Waals surface area contributed by atoms with E-state index in [0.717, 1.165) is 0 Å². The monoisotopic (exact) mass is 265 g/mol. The first-order valence-corrected chi connectivity index (χ1v) is 0. The van der Waals surface area contributed by atoms with Gasteiger partial charge < -0.3 is 21.9 Å². The van der Waals surface area contributed by atoms with E-state index in [1.807, 2.05) is 0 Å². The average molecular weight is 266 g/mol. The van der Waals surface area contributed by atoms with Crippen LogP contribution in [0.25, 0.3) is 0 Å². The molecule has 0 amide bonds. The van der Waals surface area contributed by atoms with E-state index < -0.39 is 0 Å². The molecule has 0 saturated heterocycles. The summed E-state index contributed by atoms with van der Waals surface area (Å²) in [5, 5.41) is 0. The number of rotatable bonds is 0. The van der Waals surface area contributed by atoms with Crippen LogP contribution in [0.3, 0.4) is 0 Å². The van der Waals surface area contributed by atoms with Gasteiger partial charge in [-0.25, -0.2) is 0 Å². The standard InChI is InChI=1S/Co.4H2O.Ti.Zr/h;4*1H2;;/q+2;;;;;;+2/p-4. The van der Waals surface area contributed by atoms with Crippen molar-refractivity contribution in [3.8, 4) is 0 Å². The molecule has 0 aliphatic heterocycles. The molecule has 7 heavy (non-hydrogen) atoms. The zero-order valence-corrected chi connectivity index (χ0v) is 8.18. The second kappa shape index (κ2) is 101. The maximum atomic E-state index is 0. The van der Waals surface area contributed by atoms with Crippen molar-refractivity contribution < 1.29 is 86.6 Å². The first-order valence-electron chi connectivity index (χ1n) is 0. The van der Waals surface area contributed by atoms with Crippen LogP contribution in [0.4, 0.5) is 0 Å². The van der Waals surface area contributed by atoms with Crippen LogP contribution in [0.5, 0.6) is 0 Å². The van der Waals surface area contributed by atoms with Gasteiger partial charge in [0.05, 0.1) is 0 Å². The van der Waals surface area contributed by atoms with Crippen molar-refractivity contribution in [2.24, 2.45) is 0 Å². The molecule has 7 heteroatoms. The molecule has 0 bridgehead atoms. The third kappa shape index (κ3) is 74.3. The minimum Gasteiger partial charge on any atom is -0.870 e. The SMILES string of the molecule is [Co+2].[OH-].[OH-].[OH-].[OH-].[Ti].[Zr+2]. The Kier molecular flexibility index (Phi) is 2160. The molecule has 0 aromatic heterocycles. The maximum absolute atomic E-state index is 0. The second-order valence-corrected chi connectivity index (χ2v) is 0. The Hall–Kier alpha value is 1.94. The van der Waals surface area contributed by atoms with Gasteiger partial charge in [0.25, 0.3) is 0 Å². The molecular formula is H4CoO4TiZr. The van der Waals surface area contributed by atoms with Gasteiger partial charge in [0, 0.05) is 21.7 Å². The van der Waals surface area contributed by atoms with Crippen LogP contribution in [0.15, 0.2) is 0 Å². The number of hydrogen-bond donors (Lipinski definition) is 0. The molecule has 4 nitrogen and oxygen atoms in total. The van der Waals surface area contributed by atoms with Crippen LogP contribution >= 0.6 is 0 Å². The molecule has 0 heterocycles. The number of hydrogen-bond acceptors (Lipinski definition) is 4. The molecule has 0 rings (SSSR count). The zero-order chi connectivity index (χ0) is 0.